The van der Waals surface area contributed by atoms with Gasteiger partial charge in [0.25, 0.3) is 0 Å². The van der Waals surface area contributed by atoms with E-state index in [1.807, 2.05) is 31.7 Å². The second kappa shape index (κ2) is 9.65. The Morgan fingerprint density at radius 3 is 2.79 bits per heavy atom. The van der Waals surface area contributed by atoms with Crippen molar-refractivity contribution in [1.82, 2.24) is 15.4 Å². The Morgan fingerprint density at radius 1 is 1.33 bits per heavy atom. The van der Waals surface area contributed by atoms with Crippen molar-refractivity contribution >= 4 is 39.1 Å². The Morgan fingerprint density at radius 2 is 2.17 bits per heavy atom. The molecule has 1 atom stereocenters. The van der Waals surface area contributed by atoms with Crippen LogP contribution in [0.15, 0.2) is 21.3 Å². The van der Waals surface area contributed by atoms with Crippen LogP contribution in [0.3, 0.4) is 0 Å². The molecule has 0 radical (unpaired) electrons. The summed E-state index contributed by atoms with van der Waals surface area (Å²) in [5.41, 5.74) is 0. The molecule has 3 N–H and O–H groups in total. The second-order valence-electron chi connectivity index (χ2n) is 5.54. The molecular formula is C15H26N4O2S3. The van der Waals surface area contributed by atoms with Crippen LogP contribution < -0.4 is 15.4 Å². The van der Waals surface area contributed by atoms with E-state index in [2.05, 4.69) is 20.3 Å². The molecule has 0 bridgehead atoms. The van der Waals surface area contributed by atoms with Crippen molar-refractivity contribution in [3.05, 3.63) is 17.0 Å². The largest absolute Gasteiger partial charge is 0.357 e. The van der Waals surface area contributed by atoms with E-state index in [4.69, 9.17) is 0 Å². The molecule has 136 valence electrons. The Kier molecular flexibility index (Phi) is 7.86. The van der Waals surface area contributed by atoms with Crippen LogP contribution >= 0.6 is 23.1 Å². The van der Waals surface area contributed by atoms with Gasteiger partial charge in [-0.25, -0.2) is 13.1 Å². The number of aryl methyl sites for hydroxylation is 1. The van der Waals surface area contributed by atoms with Gasteiger partial charge in [-0.3, -0.25) is 4.99 Å². The third kappa shape index (κ3) is 6.27. The van der Waals surface area contributed by atoms with Crippen LogP contribution in [0.5, 0.6) is 0 Å². The number of hydrogen-bond acceptors (Lipinski definition) is 5. The molecule has 1 saturated heterocycles. The topological polar surface area (TPSA) is 82.6 Å². The number of hydrogen-bond donors (Lipinski definition) is 3. The Bertz CT molecular complexity index is 637. The van der Waals surface area contributed by atoms with Crippen LogP contribution in [0, 0.1) is 6.92 Å². The summed E-state index contributed by atoms with van der Waals surface area (Å²) in [6, 6.07) is 3.45. The van der Waals surface area contributed by atoms with Crippen LogP contribution in [-0.2, 0) is 10.0 Å². The number of aliphatic imine (C=N–C) groups is 1. The zero-order valence-electron chi connectivity index (χ0n) is 14.2. The molecule has 2 rings (SSSR count). The molecule has 1 aromatic rings. The lowest BCUT2D eigenvalue weighted by molar-refractivity contribution is 0.582. The summed E-state index contributed by atoms with van der Waals surface area (Å²) in [5, 5.41) is 6.99. The quantitative estimate of drug-likeness (QED) is 0.358. The van der Waals surface area contributed by atoms with Crippen LogP contribution in [0.2, 0.25) is 0 Å². The summed E-state index contributed by atoms with van der Waals surface area (Å²) in [6.07, 6.45) is 2.51. The first-order chi connectivity index (χ1) is 11.5. The van der Waals surface area contributed by atoms with Gasteiger partial charge in [0.05, 0.1) is 6.54 Å². The van der Waals surface area contributed by atoms with E-state index < -0.39 is 10.0 Å². The number of thioether (sulfide) groups is 1. The Labute approximate surface area is 153 Å². The number of thiophene rings is 1. The lowest BCUT2D eigenvalue weighted by atomic mass is 10.2. The van der Waals surface area contributed by atoms with Crippen molar-refractivity contribution in [1.29, 1.82) is 0 Å². The van der Waals surface area contributed by atoms with Gasteiger partial charge in [0.1, 0.15) is 4.21 Å². The molecule has 1 aliphatic heterocycles. The van der Waals surface area contributed by atoms with E-state index in [-0.39, 0.29) is 0 Å². The van der Waals surface area contributed by atoms with Crippen molar-refractivity contribution in [3.8, 4) is 0 Å². The molecule has 2 heterocycles. The molecule has 9 heteroatoms. The summed E-state index contributed by atoms with van der Waals surface area (Å²) in [4.78, 5) is 5.58. The molecule has 0 spiro atoms. The normalized spacial score (nSPS) is 18.8. The average Bonchev–Trinajstić information content (AvgIpc) is 3.20. The number of nitrogens with one attached hydrogen (secondary N) is 3. The number of rotatable bonds is 8. The number of sulfonamides is 1. The van der Waals surface area contributed by atoms with E-state index in [0.29, 0.717) is 22.5 Å². The van der Waals surface area contributed by atoms with E-state index in [1.54, 1.807) is 6.07 Å². The summed E-state index contributed by atoms with van der Waals surface area (Å²) >= 11 is 3.26. The molecular weight excluding hydrogens is 364 g/mol. The fraction of sp³-hybridized carbons (Fsp3) is 0.667. The molecule has 0 amide bonds. The van der Waals surface area contributed by atoms with Crippen LogP contribution in [-0.4, -0.2) is 51.6 Å². The van der Waals surface area contributed by atoms with Gasteiger partial charge in [0.15, 0.2) is 5.96 Å². The van der Waals surface area contributed by atoms with Gasteiger partial charge >= 0.3 is 0 Å². The molecule has 1 unspecified atom stereocenters. The van der Waals surface area contributed by atoms with Crippen molar-refractivity contribution in [2.45, 2.75) is 36.1 Å². The molecule has 6 nitrogen and oxygen atoms in total. The van der Waals surface area contributed by atoms with E-state index in [1.165, 1.54) is 29.9 Å². The first-order valence-electron chi connectivity index (χ1n) is 8.21. The van der Waals surface area contributed by atoms with Gasteiger partial charge < -0.3 is 10.6 Å². The van der Waals surface area contributed by atoms with Crippen LogP contribution in [0.25, 0.3) is 0 Å². The highest BCUT2D eigenvalue weighted by molar-refractivity contribution is 8.00. The van der Waals surface area contributed by atoms with Gasteiger partial charge in [0.2, 0.25) is 10.0 Å². The van der Waals surface area contributed by atoms with Crippen LogP contribution in [0.4, 0.5) is 0 Å². The summed E-state index contributed by atoms with van der Waals surface area (Å²) < 4.78 is 27.3. The molecule has 0 aliphatic carbocycles. The van der Waals surface area contributed by atoms with Gasteiger partial charge in [-0.1, -0.05) is 0 Å². The third-order valence-electron chi connectivity index (χ3n) is 3.51. The second-order valence-corrected chi connectivity index (χ2v) is 10.2. The molecule has 1 aromatic heterocycles. The number of guanidine groups is 1. The predicted octanol–water partition coefficient (Wildman–Crippen LogP) is 1.79. The van der Waals surface area contributed by atoms with Crippen molar-refractivity contribution in [3.63, 3.8) is 0 Å². The van der Waals surface area contributed by atoms with Gasteiger partial charge in [-0.2, -0.15) is 11.8 Å². The minimum Gasteiger partial charge on any atom is -0.357 e. The van der Waals surface area contributed by atoms with Crippen molar-refractivity contribution < 1.29 is 8.42 Å². The van der Waals surface area contributed by atoms with Gasteiger partial charge in [-0.15, -0.1) is 11.3 Å². The fourth-order valence-electron chi connectivity index (χ4n) is 2.32. The maximum atomic E-state index is 12.1. The highest BCUT2D eigenvalue weighted by Gasteiger charge is 2.16. The maximum Gasteiger partial charge on any atom is 0.250 e. The molecule has 24 heavy (non-hydrogen) atoms. The monoisotopic (exact) mass is 390 g/mol. The van der Waals surface area contributed by atoms with E-state index in [0.717, 1.165) is 23.9 Å². The summed E-state index contributed by atoms with van der Waals surface area (Å²) in [7, 11) is -3.41. The van der Waals surface area contributed by atoms with Crippen molar-refractivity contribution in [2.24, 2.45) is 4.99 Å². The molecule has 1 fully saturated rings. The smallest absolute Gasteiger partial charge is 0.250 e. The average molecular weight is 391 g/mol. The Balaban J connectivity index is 1.76. The minimum atomic E-state index is -3.41. The molecule has 1 aliphatic rings. The fourth-order valence-corrected chi connectivity index (χ4v) is 5.86. The van der Waals surface area contributed by atoms with E-state index >= 15 is 0 Å². The lowest BCUT2D eigenvalue weighted by Gasteiger charge is -2.13. The summed E-state index contributed by atoms with van der Waals surface area (Å²) in [6.45, 7) is 6.32. The lowest BCUT2D eigenvalue weighted by Crippen LogP contribution is -2.41. The van der Waals surface area contributed by atoms with Gasteiger partial charge in [-0.05, 0) is 44.6 Å². The zero-order valence-corrected chi connectivity index (χ0v) is 16.6. The first-order valence-corrected chi connectivity index (χ1v) is 11.6. The van der Waals surface area contributed by atoms with Crippen molar-refractivity contribution in [2.75, 3.05) is 31.9 Å². The molecule has 0 aromatic carbocycles. The third-order valence-corrected chi connectivity index (χ3v) is 7.85. The maximum absolute atomic E-state index is 12.1. The SMILES string of the molecule is CCNC(=NCC1CCCS1)NCCNS(=O)(=O)c1ccc(C)s1. The van der Waals surface area contributed by atoms with E-state index in [9.17, 15) is 8.42 Å². The predicted molar refractivity (Wildman–Crippen MR) is 104 cm³/mol. The zero-order chi connectivity index (χ0) is 17.4. The highest BCUT2D eigenvalue weighted by atomic mass is 32.2. The Hall–Kier alpha value is -0.770. The van der Waals surface area contributed by atoms with Crippen LogP contribution in [0.1, 0.15) is 24.6 Å². The summed E-state index contributed by atoms with van der Waals surface area (Å²) in [5.74, 6) is 1.98. The number of nitrogens with zero attached hydrogens (tertiary/aromatic N) is 1. The highest BCUT2D eigenvalue weighted by Crippen LogP contribution is 2.26. The first kappa shape index (κ1) is 19.6. The van der Waals surface area contributed by atoms with Gasteiger partial charge in [0, 0.05) is 29.8 Å². The minimum absolute atomic E-state index is 0.321. The molecule has 0 saturated carbocycles. The standard InChI is InChI=1S/C15H26N4O2S3/c1-3-16-15(18-11-13-5-4-10-22-13)17-8-9-19-24(20,21)14-7-6-12(2)23-14/h6-7,13,19H,3-5,8-11H2,1-2H3,(H2,16,17,18).